The van der Waals surface area contributed by atoms with E-state index in [1.165, 1.54) is 12.1 Å². The number of anilines is 2. The summed E-state index contributed by atoms with van der Waals surface area (Å²) >= 11 is 0. The number of amides is 2. The highest BCUT2D eigenvalue weighted by molar-refractivity contribution is 6.01. The number of Topliss-reactive ketones (excluding diaryl/α,β-unsaturated/α-hetero) is 1. The van der Waals surface area contributed by atoms with Crippen LogP contribution in [0, 0.1) is 11.8 Å². The minimum Gasteiger partial charge on any atom is -0.481 e. The van der Waals surface area contributed by atoms with E-state index in [-0.39, 0.29) is 11.5 Å². The second-order valence-electron chi connectivity index (χ2n) is 8.66. The summed E-state index contributed by atoms with van der Waals surface area (Å²) in [6.45, 7) is 0. The fourth-order valence-corrected chi connectivity index (χ4v) is 4.39. The third kappa shape index (κ3) is 5.73. The molecule has 1 fully saturated rings. The number of nitrogens with one attached hydrogen (secondary N) is 2. The summed E-state index contributed by atoms with van der Waals surface area (Å²) < 4.78 is 38.0. The van der Waals surface area contributed by atoms with Gasteiger partial charge in [0.15, 0.2) is 5.78 Å². The van der Waals surface area contributed by atoms with Gasteiger partial charge in [0.1, 0.15) is 0 Å². The van der Waals surface area contributed by atoms with Gasteiger partial charge >= 0.3 is 18.2 Å². The molecule has 1 saturated carbocycles. The molecule has 2 amide bonds. The van der Waals surface area contributed by atoms with Crippen LogP contribution in [0.5, 0.6) is 0 Å². The molecule has 36 heavy (non-hydrogen) atoms. The fourth-order valence-electron chi connectivity index (χ4n) is 4.39. The lowest BCUT2D eigenvalue weighted by molar-refractivity contribution is -0.142. The maximum absolute atomic E-state index is 12.8. The number of alkyl halides is 3. The molecule has 1 aliphatic rings. The highest BCUT2D eigenvalue weighted by atomic mass is 19.4. The average molecular weight is 496 g/mol. The predicted octanol–water partition coefficient (Wildman–Crippen LogP) is 6.70. The maximum atomic E-state index is 12.8. The Hall–Kier alpha value is -4.14. The van der Waals surface area contributed by atoms with E-state index in [0.29, 0.717) is 24.1 Å². The first-order valence-electron chi connectivity index (χ1n) is 11.3. The number of hydrogen-bond donors (Lipinski definition) is 3. The summed E-state index contributed by atoms with van der Waals surface area (Å²) in [5.74, 6) is -2.20. The van der Waals surface area contributed by atoms with Crippen LogP contribution in [-0.4, -0.2) is 22.9 Å². The Morgan fingerprint density at radius 2 is 1.19 bits per heavy atom. The number of aliphatic carboxylic acids is 1. The van der Waals surface area contributed by atoms with Crippen LogP contribution in [0.4, 0.5) is 29.3 Å². The van der Waals surface area contributed by atoms with Crippen LogP contribution in [-0.2, 0) is 11.0 Å². The molecule has 6 nitrogen and oxygen atoms in total. The molecule has 2 atom stereocenters. The van der Waals surface area contributed by atoms with Gasteiger partial charge in [0.2, 0.25) is 0 Å². The topological polar surface area (TPSA) is 95.5 Å². The van der Waals surface area contributed by atoms with Gasteiger partial charge in [-0.25, -0.2) is 4.79 Å². The van der Waals surface area contributed by atoms with Crippen molar-refractivity contribution in [3.05, 3.63) is 83.9 Å². The first-order valence-corrected chi connectivity index (χ1v) is 11.3. The Kier molecular flexibility index (Phi) is 7.10. The molecule has 0 unspecified atom stereocenters. The highest BCUT2D eigenvalue weighted by Crippen LogP contribution is 2.35. The first kappa shape index (κ1) is 25.0. The van der Waals surface area contributed by atoms with Crippen LogP contribution >= 0.6 is 0 Å². The van der Waals surface area contributed by atoms with E-state index in [1.807, 2.05) is 0 Å². The summed E-state index contributed by atoms with van der Waals surface area (Å²) in [7, 11) is 0. The number of ketones is 1. The molecule has 0 aliphatic heterocycles. The maximum Gasteiger partial charge on any atom is 0.416 e. The third-order valence-electron chi connectivity index (χ3n) is 6.29. The molecule has 1 aliphatic carbocycles. The van der Waals surface area contributed by atoms with E-state index < -0.39 is 35.6 Å². The predicted molar refractivity (Wildman–Crippen MR) is 129 cm³/mol. The Labute approximate surface area is 205 Å². The van der Waals surface area contributed by atoms with E-state index in [2.05, 4.69) is 10.6 Å². The molecule has 0 radical (unpaired) electrons. The van der Waals surface area contributed by atoms with E-state index in [1.54, 1.807) is 48.5 Å². The van der Waals surface area contributed by atoms with Crippen molar-refractivity contribution in [1.29, 1.82) is 0 Å². The molecular weight excluding hydrogens is 473 g/mol. The Bertz CT molecular complexity index is 1250. The number of carboxylic acid groups (broad SMARTS) is 1. The minimum atomic E-state index is -4.45. The van der Waals surface area contributed by atoms with Crippen molar-refractivity contribution in [3.8, 4) is 11.1 Å². The standard InChI is InChI=1S/C27H23F3N2O4/c28-27(29,30)19-10-14-21(15-11-19)32-26(36)31-20-12-8-17(9-13-20)16-4-6-18(7-5-16)24(33)22-2-1-3-23(22)25(34)35/h4-15,22-23H,1-3H2,(H,34,35)(H2,31,32,36)/t22-,23-/m1/s1. The quantitative estimate of drug-likeness (QED) is 0.331. The average Bonchev–Trinajstić information content (AvgIpc) is 3.34. The second kappa shape index (κ2) is 10.2. The summed E-state index contributed by atoms with van der Waals surface area (Å²) in [4.78, 5) is 36.4. The number of carbonyl (C=O) groups excluding carboxylic acids is 2. The Balaban J connectivity index is 1.36. The molecular formula is C27H23F3N2O4. The summed E-state index contributed by atoms with van der Waals surface area (Å²) in [6, 6.07) is 17.4. The van der Waals surface area contributed by atoms with Gasteiger partial charge in [-0.3, -0.25) is 9.59 Å². The summed E-state index contributed by atoms with van der Waals surface area (Å²) in [6.07, 6.45) is -2.61. The Morgan fingerprint density at radius 1 is 0.722 bits per heavy atom. The van der Waals surface area contributed by atoms with Gasteiger partial charge < -0.3 is 15.7 Å². The molecule has 3 N–H and O–H groups in total. The second-order valence-corrected chi connectivity index (χ2v) is 8.66. The number of hydrogen-bond acceptors (Lipinski definition) is 3. The molecule has 3 aromatic rings. The van der Waals surface area contributed by atoms with Crippen molar-refractivity contribution in [1.82, 2.24) is 0 Å². The van der Waals surface area contributed by atoms with Gasteiger partial charge in [0, 0.05) is 22.9 Å². The molecule has 0 heterocycles. The number of benzene rings is 3. The van der Waals surface area contributed by atoms with Crippen LogP contribution in [0.2, 0.25) is 0 Å². The van der Waals surface area contributed by atoms with Crippen LogP contribution in [0.15, 0.2) is 72.8 Å². The normalized spacial score (nSPS) is 17.4. The number of carbonyl (C=O) groups is 3. The highest BCUT2D eigenvalue weighted by Gasteiger charge is 2.38. The molecule has 3 aromatic carbocycles. The number of rotatable bonds is 6. The van der Waals surface area contributed by atoms with Gasteiger partial charge in [-0.1, -0.05) is 42.8 Å². The monoisotopic (exact) mass is 496 g/mol. The SMILES string of the molecule is O=C(Nc1ccc(-c2ccc(C(=O)[C@@H]3CCC[C@H]3C(=O)O)cc2)cc1)Nc1ccc(C(F)(F)F)cc1. The molecule has 0 spiro atoms. The zero-order valence-electron chi connectivity index (χ0n) is 19.0. The van der Waals surface area contributed by atoms with Crippen molar-refractivity contribution in [2.75, 3.05) is 10.6 Å². The van der Waals surface area contributed by atoms with Crippen LogP contribution in [0.25, 0.3) is 11.1 Å². The number of halogens is 3. The summed E-state index contributed by atoms with van der Waals surface area (Å²) in [5, 5.41) is 14.4. The zero-order valence-corrected chi connectivity index (χ0v) is 19.0. The van der Waals surface area contributed by atoms with Crippen molar-refractivity contribution >= 4 is 29.2 Å². The van der Waals surface area contributed by atoms with Gasteiger partial charge in [0.25, 0.3) is 0 Å². The molecule has 0 bridgehead atoms. The van der Waals surface area contributed by atoms with Crippen molar-refractivity contribution in [2.24, 2.45) is 11.8 Å². The van der Waals surface area contributed by atoms with Crippen LogP contribution < -0.4 is 10.6 Å². The largest absolute Gasteiger partial charge is 0.481 e. The smallest absolute Gasteiger partial charge is 0.416 e. The molecule has 9 heteroatoms. The van der Waals surface area contributed by atoms with Gasteiger partial charge in [0.05, 0.1) is 11.5 Å². The van der Waals surface area contributed by atoms with Gasteiger partial charge in [-0.05, 0) is 60.4 Å². The molecule has 0 aromatic heterocycles. The Morgan fingerprint density at radius 3 is 1.69 bits per heavy atom. The molecule has 0 saturated heterocycles. The van der Waals surface area contributed by atoms with Crippen LogP contribution in [0.1, 0.15) is 35.2 Å². The fraction of sp³-hybridized carbons (Fsp3) is 0.222. The lowest BCUT2D eigenvalue weighted by Crippen LogP contribution is -2.25. The van der Waals surface area contributed by atoms with Crippen molar-refractivity contribution < 1.29 is 32.7 Å². The van der Waals surface area contributed by atoms with Gasteiger partial charge in [-0.2, -0.15) is 13.2 Å². The van der Waals surface area contributed by atoms with E-state index >= 15 is 0 Å². The third-order valence-corrected chi connectivity index (χ3v) is 6.29. The number of urea groups is 1. The summed E-state index contributed by atoms with van der Waals surface area (Å²) in [5.41, 5.74) is 2.06. The van der Waals surface area contributed by atoms with Crippen molar-refractivity contribution in [3.63, 3.8) is 0 Å². The molecule has 186 valence electrons. The first-order chi connectivity index (χ1) is 17.1. The minimum absolute atomic E-state index is 0.148. The van der Waals surface area contributed by atoms with E-state index in [0.717, 1.165) is 29.7 Å². The van der Waals surface area contributed by atoms with E-state index in [9.17, 15) is 32.7 Å². The van der Waals surface area contributed by atoms with Gasteiger partial charge in [-0.15, -0.1) is 0 Å². The zero-order chi connectivity index (χ0) is 25.9. The lowest BCUT2D eigenvalue weighted by Gasteiger charge is -2.14. The van der Waals surface area contributed by atoms with Crippen LogP contribution in [0.3, 0.4) is 0 Å². The van der Waals surface area contributed by atoms with E-state index in [4.69, 9.17) is 0 Å². The lowest BCUT2D eigenvalue weighted by atomic mass is 9.88. The number of carboxylic acids is 1. The van der Waals surface area contributed by atoms with Crippen molar-refractivity contribution in [2.45, 2.75) is 25.4 Å². The molecule has 4 rings (SSSR count).